The largest absolute Gasteiger partial charge is 0.250 e. The summed E-state index contributed by atoms with van der Waals surface area (Å²) in [6, 6.07) is 5.79. The average Bonchev–Trinajstić information content (AvgIpc) is 2.15. The Morgan fingerprint density at radius 1 is 1.20 bits per heavy atom. The molecule has 15 heavy (non-hydrogen) atoms. The topological polar surface area (TPSA) is 25.8 Å². The first kappa shape index (κ1) is 11.6. The third-order valence-corrected chi connectivity index (χ3v) is 2.97. The first-order valence-electron chi connectivity index (χ1n) is 3.96. The van der Waals surface area contributed by atoms with Crippen molar-refractivity contribution in [1.29, 1.82) is 0 Å². The van der Waals surface area contributed by atoms with Gasteiger partial charge in [-0.25, -0.2) is 9.97 Å². The summed E-state index contributed by atoms with van der Waals surface area (Å²) in [4.78, 5) is 8.19. The maximum Gasteiger partial charge on any atom is 0.250 e. The van der Waals surface area contributed by atoms with E-state index >= 15 is 0 Å². The van der Waals surface area contributed by atoms with Crippen LogP contribution in [0.3, 0.4) is 0 Å². The second-order valence-electron chi connectivity index (χ2n) is 2.89. The number of halogens is 4. The maximum atomic E-state index is 5.69. The molecule has 0 aliphatic rings. The van der Waals surface area contributed by atoms with Crippen LogP contribution in [0.5, 0.6) is 0 Å². The van der Waals surface area contributed by atoms with Crippen LogP contribution < -0.4 is 0 Å². The molecule has 0 bridgehead atoms. The highest BCUT2D eigenvalue weighted by atomic mass is 127. The standard InChI is InChI=1S/C9H4Cl3IN2/c10-9(11,12)8-14-4-5-3-6(13)1-2-7(5)15-8/h1-4H. The van der Waals surface area contributed by atoms with Gasteiger partial charge < -0.3 is 0 Å². The number of hydrogen-bond donors (Lipinski definition) is 0. The minimum absolute atomic E-state index is 0.196. The van der Waals surface area contributed by atoms with Crippen LogP contribution in [0, 0.1) is 3.57 Å². The van der Waals surface area contributed by atoms with Crippen molar-refractivity contribution in [3.8, 4) is 0 Å². The van der Waals surface area contributed by atoms with Gasteiger partial charge in [-0.2, -0.15) is 0 Å². The second-order valence-corrected chi connectivity index (χ2v) is 6.42. The Morgan fingerprint density at radius 2 is 1.93 bits per heavy atom. The number of fused-ring (bicyclic) bond motifs is 1. The van der Waals surface area contributed by atoms with E-state index < -0.39 is 3.79 Å². The van der Waals surface area contributed by atoms with Crippen LogP contribution in [0.1, 0.15) is 5.82 Å². The number of benzene rings is 1. The van der Waals surface area contributed by atoms with Crippen molar-refractivity contribution in [2.45, 2.75) is 3.79 Å². The molecule has 1 aromatic carbocycles. The first-order valence-corrected chi connectivity index (χ1v) is 6.17. The highest BCUT2D eigenvalue weighted by molar-refractivity contribution is 14.1. The molecule has 0 saturated heterocycles. The fourth-order valence-corrected chi connectivity index (χ4v) is 1.93. The van der Waals surface area contributed by atoms with Crippen LogP contribution in [0.25, 0.3) is 10.9 Å². The molecule has 0 radical (unpaired) electrons. The fourth-order valence-electron chi connectivity index (χ4n) is 1.14. The molecule has 2 aromatic rings. The van der Waals surface area contributed by atoms with Crippen molar-refractivity contribution in [3.63, 3.8) is 0 Å². The van der Waals surface area contributed by atoms with Gasteiger partial charge in [0.2, 0.25) is 3.79 Å². The number of hydrogen-bond acceptors (Lipinski definition) is 2. The van der Waals surface area contributed by atoms with Crippen LogP contribution in [-0.4, -0.2) is 9.97 Å². The number of aromatic nitrogens is 2. The fraction of sp³-hybridized carbons (Fsp3) is 0.111. The van der Waals surface area contributed by atoms with E-state index in [1.165, 1.54) is 0 Å². The first-order chi connectivity index (χ1) is 6.97. The molecule has 78 valence electrons. The van der Waals surface area contributed by atoms with Gasteiger partial charge in [-0.1, -0.05) is 34.8 Å². The van der Waals surface area contributed by atoms with E-state index in [0.717, 1.165) is 14.5 Å². The molecule has 1 aromatic heterocycles. The maximum absolute atomic E-state index is 5.69. The van der Waals surface area contributed by atoms with E-state index in [-0.39, 0.29) is 5.82 Å². The Balaban J connectivity index is 2.62. The van der Waals surface area contributed by atoms with Gasteiger partial charge in [0.15, 0.2) is 5.82 Å². The van der Waals surface area contributed by atoms with E-state index in [1.807, 2.05) is 18.2 Å². The molecule has 0 aliphatic carbocycles. The number of rotatable bonds is 0. The zero-order chi connectivity index (χ0) is 11.1. The zero-order valence-electron chi connectivity index (χ0n) is 7.22. The Labute approximate surface area is 115 Å². The summed E-state index contributed by atoms with van der Waals surface area (Å²) in [6.45, 7) is 0. The molecule has 0 N–H and O–H groups in total. The second kappa shape index (κ2) is 4.20. The summed E-state index contributed by atoms with van der Waals surface area (Å²) in [5, 5.41) is 0.930. The molecule has 0 saturated carbocycles. The zero-order valence-corrected chi connectivity index (χ0v) is 11.6. The minimum Gasteiger partial charge on any atom is -0.236 e. The summed E-state index contributed by atoms with van der Waals surface area (Å²) in [6.07, 6.45) is 1.65. The summed E-state index contributed by atoms with van der Waals surface area (Å²) >= 11 is 19.3. The Morgan fingerprint density at radius 3 is 2.60 bits per heavy atom. The monoisotopic (exact) mass is 372 g/mol. The van der Waals surface area contributed by atoms with Gasteiger partial charge in [0, 0.05) is 15.2 Å². The van der Waals surface area contributed by atoms with E-state index in [0.29, 0.717) is 0 Å². The summed E-state index contributed by atoms with van der Waals surface area (Å²) in [7, 11) is 0. The Bertz CT molecular complexity index is 510. The third kappa shape index (κ3) is 2.64. The lowest BCUT2D eigenvalue weighted by atomic mass is 10.2. The van der Waals surface area contributed by atoms with Crippen molar-refractivity contribution in [2.24, 2.45) is 0 Å². The van der Waals surface area contributed by atoms with Crippen LogP contribution in [0.2, 0.25) is 0 Å². The van der Waals surface area contributed by atoms with E-state index in [4.69, 9.17) is 34.8 Å². The molecule has 0 spiro atoms. The molecule has 0 fully saturated rings. The normalized spacial score (nSPS) is 12.0. The van der Waals surface area contributed by atoms with Crippen molar-refractivity contribution in [2.75, 3.05) is 0 Å². The van der Waals surface area contributed by atoms with Crippen molar-refractivity contribution in [1.82, 2.24) is 9.97 Å². The van der Waals surface area contributed by atoms with Crippen LogP contribution in [-0.2, 0) is 3.79 Å². The van der Waals surface area contributed by atoms with Crippen molar-refractivity contribution in [3.05, 3.63) is 33.8 Å². The van der Waals surface area contributed by atoms with Crippen LogP contribution in [0.15, 0.2) is 24.4 Å². The molecule has 2 rings (SSSR count). The SMILES string of the molecule is ClC(Cl)(Cl)c1ncc2cc(I)ccc2n1. The van der Waals surface area contributed by atoms with Gasteiger partial charge in [0.1, 0.15) is 0 Å². The predicted octanol–water partition coefficient (Wildman–Crippen LogP) is 4.06. The predicted molar refractivity (Wildman–Crippen MR) is 71.5 cm³/mol. The van der Waals surface area contributed by atoms with Gasteiger partial charge >= 0.3 is 0 Å². The van der Waals surface area contributed by atoms with Gasteiger partial charge in [0.25, 0.3) is 0 Å². The van der Waals surface area contributed by atoms with Crippen LogP contribution in [0.4, 0.5) is 0 Å². The molecule has 1 heterocycles. The Kier molecular flexibility index (Phi) is 3.26. The molecule has 0 amide bonds. The van der Waals surface area contributed by atoms with E-state index in [1.54, 1.807) is 6.20 Å². The molecule has 0 atom stereocenters. The molecule has 2 nitrogen and oxygen atoms in total. The minimum atomic E-state index is -1.57. The molecular weight excluding hydrogens is 369 g/mol. The lowest BCUT2D eigenvalue weighted by Gasteiger charge is -2.09. The summed E-state index contributed by atoms with van der Waals surface area (Å²) < 4.78 is -0.456. The average molecular weight is 373 g/mol. The molecule has 0 aliphatic heterocycles. The summed E-state index contributed by atoms with van der Waals surface area (Å²) in [5.41, 5.74) is 0.770. The lowest BCUT2D eigenvalue weighted by Crippen LogP contribution is -2.06. The number of alkyl halides is 3. The van der Waals surface area contributed by atoms with Crippen molar-refractivity contribution >= 4 is 68.3 Å². The van der Waals surface area contributed by atoms with E-state index in [9.17, 15) is 0 Å². The Hall–Kier alpha value is 0.160. The molecular formula is C9H4Cl3IN2. The smallest absolute Gasteiger partial charge is 0.236 e. The highest BCUT2D eigenvalue weighted by Crippen LogP contribution is 2.36. The highest BCUT2D eigenvalue weighted by Gasteiger charge is 2.26. The van der Waals surface area contributed by atoms with Gasteiger partial charge in [-0.15, -0.1) is 0 Å². The molecule has 6 heteroatoms. The number of nitrogens with zero attached hydrogens (tertiary/aromatic N) is 2. The van der Waals surface area contributed by atoms with Crippen molar-refractivity contribution < 1.29 is 0 Å². The van der Waals surface area contributed by atoms with Gasteiger partial charge in [0.05, 0.1) is 5.52 Å². The van der Waals surface area contributed by atoms with E-state index in [2.05, 4.69) is 32.6 Å². The summed E-state index contributed by atoms with van der Waals surface area (Å²) in [5.74, 6) is 0.196. The quantitative estimate of drug-likeness (QED) is 0.514. The van der Waals surface area contributed by atoms with Gasteiger partial charge in [-0.05, 0) is 40.8 Å². The third-order valence-electron chi connectivity index (χ3n) is 1.80. The molecule has 0 unspecified atom stereocenters. The van der Waals surface area contributed by atoms with Gasteiger partial charge in [-0.3, -0.25) is 0 Å². The lowest BCUT2D eigenvalue weighted by molar-refractivity contribution is 0.996. The van der Waals surface area contributed by atoms with Crippen LogP contribution >= 0.6 is 57.4 Å².